The van der Waals surface area contributed by atoms with Gasteiger partial charge in [-0.1, -0.05) is 17.7 Å². The molecule has 0 unspecified atom stereocenters. The summed E-state index contributed by atoms with van der Waals surface area (Å²) >= 11 is 5.90. The number of hydrogen-bond acceptors (Lipinski definition) is 3. The van der Waals surface area contributed by atoms with Gasteiger partial charge in [0.1, 0.15) is 5.69 Å². The van der Waals surface area contributed by atoms with Crippen LogP contribution in [0.25, 0.3) is 0 Å². The number of carboxylic acid groups (broad SMARTS) is 1. The normalized spacial score (nSPS) is 9.95. The molecule has 0 radical (unpaired) electrons. The summed E-state index contributed by atoms with van der Waals surface area (Å²) in [6.07, 6.45) is 1.49. The Bertz CT molecular complexity index is 629. The molecular formula is C13H9ClN2O3. The molecule has 19 heavy (non-hydrogen) atoms. The zero-order chi connectivity index (χ0) is 13.8. The lowest BCUT2D eigenvalue weighted by Gasteiger charge is -2.07. The molecule has 0 atom stereocenters. The number of aromatic nitrogens is 1. The Morgan fingerprint density at radius 3 is 2.63 bits per heavy atom. The van der Waals surface area contributed by atoms with Gasteiger partial charge in [-0.05, 0) is 30.3 Å². The van der Waals surface area contributed by atoms with E-state index in [1.54, 1.807) is 18.2 Å². The van der Waals surface area contributed by atoms with Crippen molar-refractivity contribution in [2.45, 2.75) is 0 Å². The maximum absolute atomic E-state index is 11.9. The summed E-state index contributed by atoms with van der Waals surface area (Å²) < 4.78 is 0. The molecule has 6 heteroatoms. The Kier molecular flexibility index (Phi) is 3.77. The molecule has 2 N–H and O–H groups in total. The third kappa shape index (κ3) is 3.08. The number of benzene rings is 1. The van der Waals surface area contributed by atoms with Crippen LogP contribution >= 0.6 is 11.6 Å². The molecule has 0 bridgehead atoms. The van der Waals surface area contributed by atoms with E-state index in [1.807, 2.05) is 0 Å². The minimum absolute atomic E-state index is 0.0423. The van der Waals surface area contributed by atoms with Gasteiger partial charge in [-0.15, -0.1) is 0 Å². The number of carbonyl (C=O) groups excluding carboxylic acids is 1. The number of hydrogen-bond donors (Lipinski definition) is 2. The first-order valence-electron chi connectivity index (χ1n) is 5.33. The van der Waals surface area contributed by atoms with E-state index in [0.717, 1.165) is 0 Å². The van der Waals surface area contributed by atoms with Crippen molar-refractivity contribution in [1.29, 1.82) is 0 Å². The number of nitrogens with zero attached hydrogens (tertiary/aromatic N) is 1. The predicted octanol–water partition coefficient (Wildman–Crippen LogP) is 2.69. The molecule has 1 aromatic heterocycles. The molecule has 0 saturated heterocycles. The number of carbonyl (C=O) groups is 2. The van der Waals surface area contributed by atoms with Gasteiger partial charge < -0.3 is 10.4 Å². The van der Waals surface area contributed by atoms with Crippen LogP contribution in [-0.2, 0) is 0 Å². The van der Waals surface area contributed by atoms with Crippen molar-refractivity contribution in [3.05, 3.63) is 58.9 Å². The average molecular weight is 277 g/mol. The molecule has 1 amide bonds. The highest BCUT2D eigenvalue weighted by Crippen LogP contribution is 2.23. The third-order valence-electron chi connectivity index (χ3n) is 2.36. The van der Waals surface area contributed by atoms with E-state index in [2.05, 4.69) is 10.3 Å². The van der Waals surface area contributed by atoms with Crippen LogP contribution in [0.1, 0.15) is 20.8 Å². The summed E-state index contributed by atoms with van der Waals surface area (Å²) in [7, 11) is 0. The van der Waals surface area contributed by atoms with Crippen molar-refractivity contribution >= 4 is 29.2 Å². The second kappa shape index (κ2) is 5.49. The van der Waals surface area contributed by atoms with Crippen molar-refractivity contribution in [3.63, 3.8) is 0 Å². The fraction of sp³-hybridized carbons (Fsp3) is 0. The minimum atomic E-state index is -1.09. The SMILES string of the molecule is O=C(O)c1ccc(Cl)c(NC(=O)c2ccccn2)c1. The first-order valence-corrected chi connectivity index (χ1v) is 5.71. The Hall–Kier alpha value is -2.40. The topological polar surface area (TPSA) is 79.3 Å². The van der Waals surface area contributed by atoms with Gasteiger partial charge in [-0.25, -0.2) is 4.79 Å². The number of nitrogens with one attached hydrogen (secondary N) is 1. The summed E-state index contributed by atoms with van der Waals surface area (Å²) in [5, 5.41) is 11.7. The second-order valence-corrected chi connectivity index (χ2v) is 4.08. The van der Waals surface area contributed by atoms with Crippen LogP contribution in [0.4, 0.5) is 5.69 Å². The van der Waals surface area contributed by atoms with Crippen LogP contribution in [0.15, 0.2) is 42.6 Å². The first-order chi connectivity index (χ1) is 9.08. The molecular weight excluding hydrogens is 268 g/mol. The van der Waals surface area contributed by atoms with E-state index >= 15 is 0 Å². The maximum atomic E-state index is 11.9. The fourth-order valence-electron chi connectivity index (χ4n) is 1.44. The lowest BCUT2D eigenvalue weighted by Crippen LogP contribution is -2.14. The zero-order valence-corrected chi connectivity index (χ0v) is 10.4. The van der Waals surface area contributed by atoms with Crippen molar-refractivity contribution in [3.8, 4) is 0 Å². The number of pyridine rings is 1. The Morgan fingerprint density at radius 2 is 2.00 bits per heavy atom. The van der Waals surface area contributed by atoms with Crippen molar-refractivity contribution < 1.29 is 14.7 Å². The van der Waals surface area contributed by atoms with Crippen LogP contribution in [0, 0.1) is 0 Å². The van der Waals surface area contributed by atoms with Crippen LogP contribution in [0.3, 0.4) is 0 Å². The van der Waals surface area contributed by atoms with Gasteiger partial charge in [0.05, 0.1) is 16.3 Å². The van der Waals surface area contributed by atoms with Gasteiger partial charge in [0, 0.05) is 6.20 Å². The Balaban J connectivity index is 2.26. The number of aromatic carboxylic acids is 1. The molecule has 0 spiro atoms. The quantitative estimate of drug-likeness (QED) is 0.903. The van der Waals surface area contributed by atoms with E-state index in [4.69, 9.17) is 16.7 Å². The molecule has 5 nitrogen and oxygen atoms in total. The maximum Gasteiger partial charge on any atom is 0.335 e. The van der Waals surface area contributed by atoms with Crippen molar-refractivity contribution in [1.82, 2.24) is 4.98 Å². The molecule has 0 aliphatic carbocycles. The van der Waals surface area contributed by atoms with Crippen LogP contribution < -0.4 is 5.32 Å². The van der Waals surface area contributed by atoms with Gasteiger partial charge in [-0.3, -0.25) is 9.78 Å². The number of carboxylic acids is 1. The number of amides is 1. The highest BCUT2D eigenvalue weighted by molar-refractivity contribution is 6.34. The van der Waals surface area contributed by atoms with E-state index in [0.29, 0.717) is 0 Å². The smallest absolute Gasteiger partial charge is 0.335 e. The van der Waals surface area contributed by atoms with E-state index in [1.165, 1.54) is 24.4 Å². The number of rotatable bonds is 3. The van der Waals surface area contributed by atoms with E-state index in [9.17, 15) is 9.59 Å². The highest BCUT2D eigenvalue weighted by atomic mass is 35.5. The largest absolute Gasteiger partial charge is 0.478 e. The standard InChI is InChI=1S/C13H9ClN2O3/c14-9-5-4-8(13(18)19)7-11(9)16-12(17)10-3-1-2-6-15-10/h1-7H,(H,16,17)(H,18,19). The minimum Gasteiger partial charge on any atom is -0.478 e. The molecule has 1 aromatic carbocycles. The van der Waals surface area contributed by atoms with Crippen molar-refractivity contribution in [2.75, 3.05) is 5.32 Å². The van der Waals surface area contributed by atoms with E-state index in [-0.39, 0.29) is 22.0 Å². The average Bonchev–Trinajstić information content (AvgIpc) is 2.42. The molecule has 0 fully saturated rings. The first kappa shape index (κ1) is 13.0. The van der Waals surface area contributed by atoms with Crippen LogP contribution in [-0.4, -0.2) is 22.0 Å². The van der Waals surface area contributed by atoms with Crippen LogP contribution in [0.2, 0.25) is 5.02 Å². The van der Waals surface area contributed by atoms with Crippen molar-refractivity contribution in [2.24, 2.45) is 0 Å². The second-order valence-electron chi connectivity index (χ2n) is 3.67. The summed E-state index contributed by atoms with van der Waals surface area (Å²) in [4.78, 5) is 26.6. The van der Waals surface area contributed by atoms with Gasteiger partial charge >= 0.3 is 5.97 Å². The molecule has 2 rings (SSSR count). The van der Waals surface area contributed by atoms with Gasteiger partial charge in [0.15, 0.2) is 0 Å². The third-order valence-corrected chi connectivity index (χ3v) is 2.69. The molecule has 1 heterocycles. The van der Waals surface area contributed by atoms with Gasteiger partial charge in [-0.2, -0.15) is 0 Å². The summed E-state index contributed by atoms with van der Waals surface area (Å²) in [5.41, 5.74) is 0.497. The molecule has 0 aliphatic rings. The zero-order valence-electron chi connectivity index (χ0n) is 9.63. The van der Waals surface area contributed by atoms with Gasteiger partial charge in [0.25, 0.3) is 5.91 Å². The number of halogens is 1. The molecule has 0 aliphatic heterocycles. The van der Waals surface area contributed by atoms with Gasteiger partial charge in [0.2, 0.25) is 0 Å². The van der Waals surface area contributed by atoms with E-state index < -0.39 is 11.9 Å². The molecule has 2 aromatic rings. The Morgan fingerprint density at radius 1 is 1.21 bits per heavy atom. The summed E-state index contributed by atoms with van der Waals surface area (Å²) in [6, 6.07) is 8.99. The molecule has 0 saturated carbocycles. The highest BCUT2D eigenvalue weighted by Gasteiger charge is 2.11. The lowest BCUT2D eigenvalue weighted by molar-refractivity contribution is 0.0696. The Labute approximate surface area is 113 Å². The van der Waals surface area contributed by atoms with Crippen LogP contribution in [0.5, 0.6) is 0 Å². The lowest BCUT2D eigenvalue weighted by atomic mass is 10.2. The predicted molar refractivity (Wildman–Crippen MR) is 70.6 cm³/mol. The monoisotopic (exact) mass is 276 g/mol. The summed E-state index contributed by atoms with van der Waals surface area (Å²) in [5.74, 6) is -1.55. The summed E-state index contributed by atoms with van der Waals surface area (Å²) in [6.45, 7) is 0. The molecule has 96 valence electrons. The number of anilines is 1. The fourth-order valence-corrected chi connectivity index (χ4v) is 1.60.